The second-order valence-corrected chi connectivity index (χ2v) is 8.38. The average Bonchev–Trinajstić information content (AvgIpc) is 2.61. The van der Waals surface area contributed by atoms with Gasteiger partial charge in [0.15, 0.2) is 0 Å². The number of carbonyl (C=O) groups excluding carboxylic acids is 1. The molecule has 0 aliphatic rings. The maximum absolute atomic E-state index is 12.4. The lowest BCUT2D eigenvalue weighted by molar-refractivity contribution is -0.116. The van der Waals surface area contributed by atoms with Gasteiger partial charge >= 0.3 is 0 Å². The summed E-state index contributed by atoms with van der Waals surface area (Å²) >= 11 is 0. The van der Waals surface area contributed by atoms with Crippen LogP contribution in [-0.2, 0) is 21.2 Å². The number of carbonyl (C=O) groups is 1. The van der Waals surface area contributed by atoms with Gasteiger partial charge in [0.25, 0.3) is 0 Å². The minimum absolute atomic E-state index is 0.136. The van der Waals surface area contributed by atoms with Crippen LogP contribution in [0.5, 0.6) is 0 Å². The van der Waals surface area contributed by atoms with Gasteiger partial charge in [0.1, 0.15) is 6.04 Å². The molecule has 0 radical (unpaired) electrons. The smallest absolute Gasteiger partial charge is 0.246 e. The maximum Gasteiger partial charge on any atom is 0.246 e. The number of nitrogens with one attached hydrogen (secondary N) is 2. The van der Waals surface area contributed by atoms with Gasteiger partial charge in [-0.3, -0.25) is 4.79 Å². The highest BCUT2D eigenvalue weighted by Crippen LogP contribution is 2.19. The number of anilines is 2. The Morgan fingerprint density at radius 1 is 1.08 bits per heavy atom. The molecule has 0 saturated heterocycles. The Kier molecular flexibility index (Phi) is 6.39. The van der Waals surface area contributed by atoms with E-state index in [2.05, 4.69) is 17.6 Å². The average molecular weight is 375 g/mol. The van der Waals surface area contributed by atoms with Crippen LogP contribution >= 0.6 is 0 Å². The van der Waals surface area contributed by atoms with Gasteiger partial charge in [-0.2, -0.15) is 0 Å². The van der Waals surface area contributed by atoms with E-state index in [1.165, 1.54) is 31.8 Å². The molecule has 1 atom stereocenters. The first-order valence-corrected chi connectivity index (χ1v) is 9.87. The van der Waals surface area contributed by atoms with Crippen molar-refractivity contribution in [2.75, 3.05) is 24.7 Å². The van der Waals surface area contributed by atoms with Crippen molar-refractivity contribution in [3.63, 3.8) is 0 Å². The fraction of sp³-hybridized carbons (Fsp3) is 0.316. The molecule has 2 aromatic rings. The largest absolute Gasteiger partial charge is 0.374 e. The number of aryl methyl sites for hydroxylation is 1. The molecule has 7 heteroatoms. The second-order valence-electron chi connectivity index (χ2n) is 6.22. The Bertz CT molecular complexity index is 879. The van der Waals surface area contributed by atoms with Crippen LogP contribution in [0.25, 0.3) is 0 Å². The van der Waals surface area contributed by atoms with Gasteiger partial charge in [-0.1, -0.05) is 25.1 Å². The fourth-order valence-electron chi connectivity index (χ4n) is 2.39. The molecule has 0 spiro atoms. The molecule has 0 aliphatic heterocycles. The van der Waals surface area contributed by atoms with Gasteiger partial charge in [-0.25, -0.2) is 12.7 Å². The molecule has 0 fully saturated rings. The first-order valence-electron chi connectivity index (χ1n) is 8.43. The van der Waals surface area contributed by atoms with Crippen molar-refractivity contribution in [2.45, 2.75) is 31.2 Å². The number of amides is 1. The van der Waals surface area contributed by atoms with Crippen molar-refractivity contribution >= 4 is 27.3 Å². The fourth-order valence-corrected chi connectivity index (χ4v) is 3.34. The van der Waals surface area contributed by atoms with E-state index in [4.69, 9.17) is 0 Å². The molecule has 0 saturated carbocycles. The van der Waals surface area contributed by atoms with Crippen molar-refractivity contribution in [3.05, 3.63) is 54.1 Å². The van der Waals surface area contributed by atoms with E-state index < -0.39 is 16.1 Å². The van der Waals surface area contributed by atoms with Crippen LogP contribution in [0, 0.1) is 0 Å². The van der Waals surface area contributed by atoms with Crippen molar-refractivity contribution in [3.8, 4) is 0 Å². The highest BCUT2D eigenvalue weighted by Gasteiger charge is 2.18. The number of hydrogen-bond acceptors (Lipinski definition) is 4. The molecular weight excluding hydrogens is 350 g/mol. The minimum atomic E-state index is -3.55. The molecule has 140 valence electrons. The maximum atomic E-state index is 12.4. The number of sulfonamides is 1. The molecule has 6 nitrogen and oxygen atoms in total. The summed E-state index contributed by atoms with van der Waals surface area (Å²) in [5.74, 6) is -0.244. The SMILES string of the molecule is CCc1cccc(N[C@H](C)C(=O)Nc2cccc(S(=O)(=O)N(C)C)c2)c1. The van der Waals surface area contributed by atoms with E-state index >= 15 is 0 Å². The Labute approximate surface area is 155 Å². The Hall–Kier alpha value is -2.38. The minimum Gasteiger partial charge on any atom is -0.374 e. The molecule has 0 bridgehead atoms. The van der Waals surface area contributed by atoms with E-state index in [9.17, 15) is 13.2 Å². The lowest BCUT2D eigenvalue weighted by Gasteiger charge is -2.17. The molecule has 0 aromatic heterocycles. The third-order valence-electron chi connectivity index (χ3n) is 3.99. The van der Waals surface area contributed by atoms with Crippen LogP contribution in [0.15, 0.2) is 53.4 Å². The van der Waals surface area contributed by atoms with E-state index in [1.54, 1.807) is 19.1 Å². The molecule has 2 N–H and O–H groups in total. The summed E-state index contributed by atoms with van der Waals surface area (Å²) in [6.45, 7) is 3.83. The molecule has 0 aliphatic carbocycles. The third kappa shape index (κ3) is 4.83. The summed E-state index contributed by atoms with van der Waals surface area (Å²) in [4.78, 5) is 12.6. The quantitative estimate of drug-likeness (QED) is 0.780. The van der Waals surface area contributed by atoms with Gasteiger partial charge in [0.2, 0.25) is 15.9 Å². The molecule has 26 heavy (non-hydrogen) atoms. The predicted molar refractivity (Wildman–Crippen MR) is 105 cm³/mol. The first-order chi connectivity index (χ1) is 12.2. The number of benzene rings is 2. The van der Waals surface area contributed by atoms with Crippen LogP contribution < -0.4 is 10.6 Å². The normalized spacial score (nSPS) is 12.7. The topological polar surface area (TPSA) is 78.5 Å². The van der Waals surface area contributed by atoms with Crippen LogP contribution in [0.4, 0.5) is 11.4 Å². The lowest BCUT2D eigenvalue weighted by atomic mass is 10.1. The molecule has 2 aromatic carbocycles. The summed E-state index contributed by atoms with van der Waals surface area (Å²) in [7, 11) is -0.607. The molecule has 2 rings (SSSR count). The number of rotatable bonds is 7. The lowest BCUT2D eigenvalue weighted by Crippen LogP contribution is -2.32. The Morgan fingerprint density at radius 3 is 2.38 bits per heavy atom. The number of hydrogen-bond donors (Lipinski definition) is 2. The highest BCUT2D eigenvalue weighted by molar-refractivity contribution is 7.89. The standard InChI is InChI=1S/C19H25N3O3S/c1-5-15-8-6-9-16(12-15)20-14(2)19(23)21-17-10-7-11-18(13-17)26(24,25)22(3)4/h6-14,20H,5H2,1-4H3,(H,21,23)/t14-/m1/s1. The highest BCUT2D eigenvalue weighted by atomic mass is 32.2. The summed E-state index contributed by atoms with van der Waals surface area (Å²) in [5.41, 5.74) is 2.49. The Morgan fingerprint density at radius 2 is 1.73 bits per heavy atom. The van der Waals surface area contributed by atoms with E-state index in [1.807, 2.05) is 24.3 Å². The molecule has 0 heterocycles. The van der Waals surface area contributed by atoms with Crippen molar-refractivity contribution in [1.82, 2.24) is 4.31 Å². The van der Waals surface area contributed by atoms with E-state index in [0.717, 1.165) is 16.4 Å². The second kappa shape index (κ2) is 8.33. The zero-order chi connectivity index (χ0) is 19.3. The molecule has 1 amide bonds. The molecule has 0 unspecified atom stereocenters. The predicted octanol–water partition coefficient (Wildman–Crippen LogP) is 2.94. The van der Waals surface area contributed by atoms with Crippen molar-refractivity contribution in [1.29, 1.82) is 0 Å². The van der Waals surface area contributed by atoms with Gasteiger partial charge < -0.3 is 10.6 Å². The van der Waals surface area contributed by atoms with E-state index in [-0.39, 0.29) is 10.8 Å². The van der Waals surface area contributed by atoms with Gasteiger partial charge in [0, 0.05) is 25.5 Å². The van der Waals surface area contributed by atoms with Crippen LogP contribution in [0.1, 0.15) is 19.4 Å². The van der Waals surface area contributed by atoms with Gasteiger partial charge in [-0.15, -0.1) is 0 Å². The van der Waals surface area contributed by atoms with Crippen LogP contribution in [0.3, 0.4) is 0 Å². The zero-order valence-corrected chi connectivity index (χ0v) is 16.3. The Balaban J connectivity index is 2.09. The summed E-state index contributed by atoms with van der Waals surface area (Å²) in [5, 5.41) is 5.92. The molecular formula is C19H25N3O3S. The summed E-state index contributed by atoms with van der Waals surface area (Å²) in [6, 6.07) is 13.7. The van der Waals surface area contributed by atoms with Gasteiger partial charge in [0.05, 0.1) is 4.90 Å². The summed E-state index contributed by atoms with van der Waals surface area (Å²) in [6.07, 6.45) is 0.920. The third-order valence-corrected chi connectivity index (χ3v) is 5.80. The van der Waals surface area contributed by atoms with Crippen LogP contribution in [0.2, 0.25) is 0 Å². The van der Waals surface area contributed by atoms with Gasteiger partial charge in [-0.05, 0) is 49.2 Å². The zero-order valence-electron chi connectivity index (χ0n) is 15.5. The van der Waals surface area contributed by atoms with Crippen LogP contribution in [-0.4, -0.2) is 38.8 Å². The van der Waals surface area contributed by atoms with Crippen molar-refractivity contribution in [2.24, 2.45) is 0 Å². The summed E-state index contributed by atoms with van der Waals surface area (Å²) < 4.78 is 25.6. The first kappa shape index (κ1) is 19.9. The van der Waals surface area contributed by atoms with Crippen molar-refractivity contribution < 1.29 is 13.2 Å². The van der Waals surface area contributed by atoms with E-state index in [0.29, 0.717) is 5.69 Å². The number of nitrogens with zero attached hydrogens (tertiary/aromatic N) is 1. The monoisotopic (exact) mass is 375 g/mol.